The lowest BCUT2D eigenvalue weighted by atomic mass is 9.87. The van der Waals surface area contributed by atoms with Gasteiger partial charge in [-0.25, -0.2) is 0 Å². The molecule has 0 unspecified atom stereocenters. The molecule has 3 heteroatoms. The summed E-state index contributed by atoms with van der Waals surface area (Å²) in [6.07, 6.45) is 0.802. The Balaban J connectivity index is 2.70. The number of hydrogen-bond donors (Lipinski definition) is 0. The summed E-state index contributed by atoms with van der Waals surface area (Å²) in [6.45, 7) is 3.81. The van der Waals surface area contributed by atoms with E-state index in [-0.39, 0.29) is 17.7 Å². The average molecular weight is 156 g/mol. The third-order valence-electron chi connectivity index (χ3n) is 2.08. The van der Waals surface area contributed by atoms with E-state index >= 15 is 0 Å². The van der Waals surface area contributed by atoms with E-state index in [1.54, 1.807) is 0 Å². The Labute approximate surface area is 65.7 Å². The van der Waals surface area contributed by atoms with Gasteiger partial charge in [0.05, 0.1) is 6.61 Å². The van der Waals surface area contributed by atoms with Gasteiger partial charge in [-0.3, -0.25) is 9.59 Å². The summed E-state index contributed by atoms with van der Waals surface area (Å²) in [5, 5.41) is 0. The Bertz CT molecular complexity index is 186. The fourth-order valence-corrected chi connectivity index (χ4v) is 1.40. The van der Waals surface area contributed by atoms with Crippen LogP contribution in [0.15, 0.2) is 0 Å². The van der Waals surface area contributed by atoms with Crippen molar-refractivity contribution in [2.75, 3.05) is 6.61 Å². The molecule has 62 valence electrons. The third kappa shape index (κ3) is 1.59. The van der Waals surface area contributed by atoms with Crippen molar-refractivity contribution in [1.29, 1.82) is 0 Å². The molecule has 2 atom stereocenters. The molecule has 0 aromatic heterocycles. The topological polar surface area (TPSA) is 43.4 Å². The minimum atomic E-state index is -0.510. The van der Waals surface area contributed by atoms with Crippen LogP contribution in [-0.2, 0) is 14.3 Å². The zero-order valence-corrected chi connectivity index (χ0v) is 6.79. The number of carbonyl (C=O) groups excluding carboxylic acids is 2. The molecule has 0 N–H and O–H groups in total. The van der Waals surface area contributed by atoms with Crippen molar-refractivity contribution in [3.63, 3.8) is 0 Å². The monoisotopic (exact) mass is 156 g/mol. The molecule has 1 rings (SSSR count). The summed E-state index contributed by atoms with van der Waals surface area (Å²) in [7, 11) is 0. The fourth-order valence-electron chi connectivity index (χ4n) is 1.40. The number of hydrogen-bond acceptors (Lipinski definition) is 3. The molecule has 0 aromatic carbocycles. The zero-order valence-electron chi connectivity index (χ0n) is 6.79. The van der Waals surface area contributed by atoms with Gasteiger partial charge in [0.25, 0.3) is 0 Å². The molecule has 1 heterocycles. The molecule has 0 saturated carbocycles. The maximum absolute atomic E-state index is 11.0. The molecule has 3 nitrogen and oxygen atoms in total. The first-order valence-corrected chi connectivity index (χ1v) is 3.80. The minimum Gasteiger partial charge on any atom is -0.465 e. The van der Waals surface area contributed by atoms with Crippen LogP contribution < -0.4 is 0 Å². The number of esters is 1. The van der Waals surface area contributed by atoms with E-state index in [1.807, 2.05) is 6.92 Å². The number of ether oxygens (including phenoxy) is 1. The van der Waals surface area contributed by atoms with Crippen molar-refractivity contribution in [3.8, 4) is 0 Å². The first-order valence-electron chi connectivity index (χ1n) is 3.80. The van der Waals surface area contributed by atoms with Gasteiger partial charge in [-0.05, 0) is 19.3 Å². The first-order chi connectivity index (χ1) is 5.13. The van der Waals surface area contributed by atoms with Crippen molar-refractivity contribution in [3.05, 3.63) is 0 Å². The molecule has 11 heavy (non-hydrogen) atoms. The average Bonchev–Trinajstić information content (AvgIpc) is 1.85. The first kappa shape index (κ1) is 8.24. The maximum atomic E-state index is 11.0. The maximum Gasteiger partial charge on any atom is 0.316 e. The summed E-state index contributed by atoms with van der Waals surface area (Å²) in [5.74, 6) is -0.795. The Morgan fingerprint density at radius 2 is 2.27 bits per heavy atom. The summed E-state index contributed by atoms with van der Waals surface area (Å²) in [5.41, 5.74) is 0. The molecule has 0 radical (unpaired) electrons. The molecule has 0 bridgehead atoms. The zero-order chi connectivity index (χ0) is 8.43. The highest BCUT2D eigenvalue weighted by atomic mass is 16.5. The van der Waals surface area contributed by atoms with Crippen molar-refractivity contribution in [2.45, 2.75) is 20.3 Å². The van der Waals surface area contributed by atoms with Crippen LogP contribution >= 0.6 is 0 Å². The Hall–Kier alpha value is -0.860. The van der Waals surface area contributed by atoms with Gasteiger partial charge in [0, 0.05) is 0 Å². The number of Topliss-reactive ketones (excluding diaryl/α,β-unsaturated/α-hetero) is 1. The van der Waals surface area contributed by atoms with E-state index in [4.69, 9.17) is 4.74 Å². The van der Waals surface area contributed by atoms with Crippen LogP contribution in [0, 0.1) is 11.8 Å². The standard InChI is InChI=1S/C8H12O3/c1-5-3-4-11-8(10)7(5)6(2)9/h5,7H,3-4H2,1-2H3/t5-,7-/m1/s1. The van der Waals surface area contributed by atoms with Gasteiger partial charge in [-0.1, -0.05) is 6.92 Å². The largest absolute Gasteiger partial charge is 0.465 e. The summed E-state index contributed by atoms with van der Waals surface area (Å²) >= 11 is 0. The Kier molecular flexibility index (Phi) is 2.27. The van der Waals surface area contributed by atoms with Gasteiger partial charge in [0.2, 0.25) is 0 Å². The fraction of sp³-hybridized carbons (Fsp3) is 0.750. The predicted molar refractivity (Wildman–Crippen MR) is 38.9 cm³/mol. The summed E-state index contributed by atoms with van der Waals surface area (Å²) in [4.78, 5) is 21.9. The Morgan fingerprint density at radius 3 is 2.64 bits per heavy atom. The quantitative estimate of drug-likeness (QED) is 0.416. The normalized spacial score (nSPS) is 31.3. The molecule has 0 aromatic rings. The lowest BCUT2D eigenvalue weighted by Gasteiger charge is -2.24. The van der Waals surface area contributed by atoms with E-state index in [1.165, 1.54) is 6.92 Å². The molecular weight excluding hydrogens is 144 g/mol. The molecular formula is C8H12O3. The SMILES string of the molecule is CC(=O)[C@@H]1C(=O)OCC[C@H]1C. The summed E-state index contributed by atoms with van der Waals surface area (Å²) in [6, 6.07) is 0. The summed E-state index contributed by atoms with van der Waals surface area (Å²) < 4.78 is 4.76. The third-order valence-corrected chi connectivity index (χ3v) is 2.08. The van der Waals surface area contributed by atoms with E-state index in [2.05, 4.69) is 0 Å². The number of cyclic esters (lactones) is 1. The highest BCUT2D eigenvalue weighted by Crippen LogP contribution is 2.22. The van der Waals surface area contributed by atoms with Crippen LogP contribution in [0.4, 0.5) is 0 Å². The van der Waals surface area contributed by atoms with E-state index < -0.39 is 5.92 Å². The second kappa shape index (κ2) is 3.03. The van der Waals surface area contributed by atoms with Gasteiger partial charge in [-0.2, -0.15) is 0 Å². The van der Waals surface area contributed by atoms with Gasteiger partial charge in [-0.15, -0.1) is 0 Å². The molecule has 1 fully saturated rings. The lowest BCUT2D eigenvalue weighted by molar-refractivity contribution is -0.159. The van der Waals surface area contributed by atoms with Gasteiger partial charge >= 0.3 is 5.97 Å². The number of rotatable bonds is 1. The van der Waals surface area contributed by atoms with Crippen molar-refractivity contribution in [1.82, 2.24) is 0 Å². The second-order valence-corrected chi connectivity index (χ2v) is 3.02. The highest BCUT2D eigenvalue weighted by Gasteiger charge is 2.33. The molecule has 1 saturated heterocycles. The molecule has 0 aliphatic carbocycles. The van der Waals surface area contributed by atoms with Crippen LogP contribution in [0.3, 0.4) is 0 Å². The van der Waals surface area contributed by atoms with Crippen LogP contribution in [0.2, 0.25) is 0 Å². The number of carbonyl (C=O) groups is 2. The smallest absolute Gasteiger partial charge is 0.316 e. The van der Waals surface area contributed by atoms with E-state index in [9.17, 15) is 9.59 Å². The molecule has 1 aliphatic rings. The molecule has 1 aliphatic heterocycles. The molecule has 0 amide bonds. The van der Waals surface area contributed by atoms with Crippen molar-refractivity contribution >= 4 is 11.8 Å². The Morgan fingerprint density at radius 1 is 1.64 bits per heavy atom. The van der Waals surface area contributed by atoms with Gasteiger partial charge in [0.1, 0.15) is 11.7 Å². The van der Waals surface area contributed by atoms with Gasteiger partial charge in [0.15, 0.2) is 0 Å². The van der Waals surface area contributed by atoms with Crippen LogP contribution in [0.1, 0.15) is 20.3 Å². The van der Waals surface area contributed by atoms with Crippen molar-refractivity contribution < 1.29 is 14.3 Å². The molecule has 0 spiro atoms. The van der Waals surface area contributed by atoms with Crippen LogP contribution in [0.25, 0.3) is 0 Å². The predicted octanol–water partition coefficient (Wildman–Crippen LogP) is 0.775. The number of ketones is 1. The minimum absolute atomic E-state index is 0.0813. The van der Waals surface area contributed by atoms with E-state index in [0.29, 0.717) is 6.61 Å². The van der Waals surface area contributed by atoms with Crippen LogP contribution in [-0.4, -0.2) is 18.4 Å². The van der Waals surface area contributed by atoms with Gasteiger partial charge < -0.3 is 4.74 Å². The van der Waals surface area contributed by atoms with Crippen molar-refractivity contribution in [2.24, 2.45) is 11.8 Å². The van der Waals surface area contributed by atoms with Crippen LogP contribution in [0.5, 0.6) is 0 Å². The second-order valence-electron chi connectivity index (χ2n) is 3.02. The highest BCUT2D eigenvalue weighted by molar-refractivity contribution is 5.98. The lowest BCUT2D eigenvalue weighted by Crippen LogP contribution is -2.35. The van der Waals surface area contributed by atoms with E-state index in [0.717, 1.165) is 6.42 Å².